The quantitative estimate of drug-likeness (QED) is 0.454. The molecule has 4 rings (SSSR count). The number of nitrogens with two attached hydrogens (primary N) is 1. The van der Waals surface area contributed by atoms with Gasteiger partial charge in [-0.05, 0) is 56.5 Å². The van der Waals surface area contributed by atoms with Crippen LogP contribution in [0.1, 0.15) is 48.0 Å². The predicted octanol–water partition coefficient (Wildman–Crippen LogP) is 5.38. The number of nitrogens with one attached hydrogen (secondary N) is 1. The van der Waals surface area contributed by atoms with Gasteiger partial charge in [0.25, 0.3) is 0 Å². The number of benzene rings is 2. The number of hydrogen-bond acceptors (Lipinski definition) is 4. The highest BCUT2D eigenvalue weighted by atomic mass is 16.6. The molecule has 5 nitrogen and oxygen atoms in total. The zero-order valence-corrected chi connectivity index (χ0v) is 17.5. The molecule has 5 heteroatoms. The van der Waals surface area contributed by atoms with Crippen LogP contribution in [0.5, 0.6) is 0 Å². The minimum absolute atomic E-state index is 0.371. The standard InChI is InChI=1S/C25H26N2O3/c1-25(2,3)30-24(28)19-12-13-20(26)22-18-11-7-10-17(14-21(18)27-23(19)22)29-15-16-8-5-4-6-9-16/h4-10,12-14,27H,11,15,26H2,1-3H3. The lowest BCUT2D eigenvalue weighted by Gasteiger charge is -2.19. The van der Waals surface area contributed by atoms with Crippen molar-refractivity contribution in [3.63, 3.8) is 0 Å². The summed E-state index contributed by atoms with van der Waals surface area (Å²) in [4.78, 5) is 16.1. The number of hydrogen-bond donors (Lipinski definition) is 2. The summed E-state index contributed by atoms with van der Waals surface area (Å²) in [7, 11) is 0. The highest BCUT2D eigenvalue weighted by molar-refractivity contribution is 6.09. The largest absolute Gasteiger partial charge is 0.489 e. The van der Waals surface area contributed by atoms with Crippen LogP contribution >= 0.6 is 0 Å². The molecular formula is C25H26N2O3. The second kappa shape index (κ2) is 7.75. The first-order chi connectivity index (χ1) is 14.3. The van der Waals surface area contributed by atoms with E-state index < -0.39 is 5.60 Å². The highest BCUT2D eigenvalue weighted by Crippen LogP contribution is 2.34. The van der Waals surface area contributed by atoms with E-state index in [0.717, 1.165) is 28.0 Å². The van der Waals surface area contributed by atoms with Gasteiger partial charge in [-0.25, -0.2) is 4.79 Å². The molecule has 0 saturated carbocycles. The molecule has 0 spiro atoms. The van der Waals surface area contributed by atoms with E-state index in [1.54, 1.807) is 12.1 Å². The molecule has 0 atom stereocenters. The Labute approximate surface area is 176 Å². The normalized spacial score (nSPS) is 13.5. The van der Waals surface area contributed by atoms with Gasteiger partial charge in [0, 0.05) is 22.8 Å². The van der Waals surface area contributed by atoms with Crippen LogP contribution in [0, 0.1) is 0 Å². The Balaban J connectivity index is 1.71. The van der Waals surface area contributed by atoms with Gasteiger partial charge in [0.05, 0.1) is 11.1 Å². The minimum Gasteiger partial charge on any atom is -0.489 e. The number of aromatic amines is 1. The van der Waals surface area contributed by atoms with Gasteiger partial charge < -0.3 is 20.2 Å². The second-order valence-electron chi connectivity index (χ2n) is 8.40. The average Bonchev–Trinajstić information content (AvgIpc) is 2.92. The van der Waals surface area contributed by atoms with Crippen LogP contribution in [-0.4, -0.2) is 16.6 Å². The lowest BCUT2D eigenvalue weighted by Crippen LogP contribution is -2.24. The lowest BCUT2D eigenvalue weighted by atomic mass is 10.0. The molecule has 0 amide bonds. The summed E-state index contributed by atoms with van der Waals surface area (Å²) < 4.78 is 11.6. The van der Waals surface area contributed by atoms with E-state index >= 15 is 0 Å². The molecule has 0 unspecified atom stereocenters. The molecule has 1 aliphatic rings. The second-order valence-corrected chi connectivity index (χ2v) is 8.40. The minimum atomic E-state index is -0.574. The van der Waals surface area contributed by atoms with Crippen LogP contribution in [-0.2, 0) is 22.5 Å². The van der Waals surface area contributed by atoms with Crippen molar-refractivity contribution in [2.45, 2.75) is 39.4 Å². The van der Waals surface area contributed by atoms with Crippen molar-refractivity contribution in [1.82, 2.24) is 4.98 Å². The van der Waals surface area contributed by atoms with Gasteiger partial charge in [0.15, 0.2) is 0 Å². The maximum absolute atomic E-state index is 12.8. The molecule has 1 heterocycles. The number of fused-ring (bicyclic) bond motifs is 3. The Kier molecular flexibility index (Phi) is 5.12. The number of esters is 1. The van der Waals surface area contributed by atoms with Gasteiger partial charge in [0.2, 0.25) is 0 Å². The van der Waals surface area contributed by atoms with Crippen molar-refractivity contribution < 1.29 is 14.3 Å². The van der Waals surface area contributed by atoms with E-state index in [9.17, 15) is 4.79 Å². The van der Waals surface area contributed by atoms with Crippen molar-refractivity contribution in [3.05, 3.63) is 82.8 Å². The number of nitrogen functional groups attached to an aromatic ring is 1. The molecule has 2 aromatic carbocycles. The van der Waals surface area contributed by atoms with E-state index in [4.69, 9.17) is 15.2 Å². The Morgan fingerprint density at radius 3 is 2.63 bits per heavy atom. The van der Waals surface area contributed by atoms with Crippen LogP contribution < -0.4 is 5.73 Å². The summed E-state index contributed by atoms with van der Waals surface area (Å²) in [5.41, 5.74) is 10.6. The number of H-pyrrole nitrogens is 1. The third-order valence-corrected chi connectivity index (χ3v) is 4.88. The van der Waals surface area contributed by atoms with Gasteiger partial charge in [-0.1, -0.05) is 36.4 Å². The third-order valence-electron chi connectivity index (χ3n) is 4.88. The summed E-state index contributed by atoms with van der Waals surface area (Å²) in [6.07, 6.45) is 6.66. The molecule has 1 aromatic heterocycles. The van der Waals surface area contributed by atoms with Crippen molar-refractivity contribution in [1.29, 1.82) is 0 Å². The van der Waals surface area contributed by atoms with E-state index in [-0.39, 0.29) is 5.97 Å². The zero-order valence-electron chi connectivity index (χ0n) is 17.5. The summed E-state index contributed by atoms with van der Waals surface area (Å²) >= 11 is 0. The predicted molar refractivity (Wildman–Crippen MR) is 120 cm³/mol. The Bertz CT molecular complexity index is 1150. The number of carbonyl (C=O) groups is 1. The molecular weight excluding hydrogens is 376 g/mol. The van der Waals surface area contributed by atoms with Gasteiger partial charge in [-0.15, -0.1) is 0 Å². The molecule has 0 saturated heterocycles. The maximum atomic E-state index is 12.8. The van der Waals surface area contributed by atoms with Gasteiger partial charge in [-0.2, -0.15) is 0 Å². The molecule has 0 fully saturated rings. The molecule has 1 aliphatic carbocycles. The molecule has 0 radical (unpaired) electrons. The molecule has 0 bridgehead atoms. The summed E-state index contributed by atoms with van der Waals surface area (Å²) in [5.74, 6) is 0.380. The molecule has 154 valence electrons. The smallest absolute Gasteiger partial charge is 0.340 e. The fourth-order valence-electron chi connectivity index (χ4n) is 3.57. The number of carbonyl (C=O) groups excluding carboxylic acids is 1. The van der Waals surface area contributed by atoms with Crippen LogP contribution in [0.4, 0.5) is 5.69 Å². The van der Waals surface area contributed by atoms with Gasteiger partial charge in [-0.3, -0.25) is 0 Å². The third kappa shape index (κ3) is 4.10. The van der Waals surface area contributed by atoms with Crippen LogP contribution in [0.2, 0.25) is 0 Å². The number of rotatable bonds is 4. The lowest BCUT2D eigenvalue weighted by molar-refractivity contribution is 0.00717. The molecule has 3 aromatic rings. The zero-order chi connectivity index (χ0) is 21.3. The summed E-state index contributed by atoms with van der Waals surface area (Å²) in [6, 6.07) is 13.5. The van der Waals surface area contributed by atoms with Crippen molar-refractivity contribution in [2.75, 3.05) is 5.73 Å². The van der Waals surface area contributed by atoms with Crippen molar-refractivity contribution in [2.24, 2.45) is 0 Å². The number of aromatic nitrogens is 1. The van der Waals surface area contributed by atoms with E-state index in [0.29, 0.717) is 29.8 Å². The van der Waals surface area contributed by atoms with Gasteiger partial charge in [0.1, 0.15) is 18.0 Å². The first kappa shape index (κ1) is 19.8. The SMILES string of the molecule is CC(C)(C)OC(=O)c1ccc(N)c2c3c([nH]c12)C=C(OCc1ccccc1)C=CC3. The molecule has 30 heavy (non-hydrogen) atoms. The summed E-state index contributed by atoms with van der Waals surface area (Å²) in [5, 5.41) is 0.860. The van der Waals surface area contributed by atoms with Crippen LogP contribution in [0.15, 0.2) is 60.4 Å². The number of anilines is 1. The Morgan fingerprint density at radius 1 is 1.13 bits per heavy atom. The Morgan fingerprint density at radius 2 is 1.90 bits per heavy atom. The summed E-state index contributed by atoms with van der Waals surface area (Å²) in [6.45, 7) is 6.05. The van der Waals surface area contributed by atoms with Crippen molar-refractivity contribution in [3.8, 4) is 0 Å². The molecule has 3 N–H and O–H groups in total. The van der Waals surface area contributed by atoms with E-state index in [2.05, 4.69) is 11.1 Å². The molecule has 0 aliphatic heterocycles. The fraction of sp³-hybridized carbons (Fsp3) is 0.240. The topological polar surface area (TPSA) is 77.3 Å². The highest BCUT2D eigenvalue weighted by Gasteiger charge is 2.23. The van der Waals surface area contributed by atoms with E-state index in [1.165, 1.54) is 0 Å². The van der Waals surface area contributed by atoms with Crippen LogP contribution in [0.25, 0.3) is 17.0 Å². The van der Waals surface area contributed by atoms with E-state index in [1.807, 2.05) is 63.3 Å². The fourth-order valence-corrected chi connectivity index (χ4v) is 3.57. The van der Waals surface area contributed by atoms with Crippen LogP contribution in [0.3, 0.4) is 0 Å². The monoisotopic (exact) mass is 402 g/mol. The Hall–Kier alpha value is -3.47. The maximum Gasteiger partial charge on any atom is 0.340 e. The average molecular weight is 402 g/mol. The number of allylic oxidation sites excluding steroid dienone is 2. The first-order valence-electron chi connectivity index (χ1n) is 10.0. The van der Waals surface area contributed by atoms with Gasteiger partial charge >= 0.3 is 5.97 Å². The van der Waals surface area contributed by atoms with Crippen molar-refractivity contribution >= 4 is 28.6 Å². The first-order valence-corrected chi connectivity index (χ1v) is 10.0. The number of ether oxygens (including phenoxy) is 2.